The maximum absolute atomic E-state index is 2.40. The fourth-order valence-electron chi connectivity index (χ4n) is 2.94. The van der Waals surface area contributed by atoms with Crippen LogP contribution in [0.3, 0.4) is 0 Å². The lowest BCUT2D eigenvalue weighted by Crippen LogP contribution is -2.23. The quantitative estimate of drug-likeness (QED) is 0.600. The van der Waals surface area contributed by atoms with Crippen molar-refractivity contribution in [3.63, 3.8) is 0 Å². The molecule has 0 aliphatic heterocycles. The Bertz CT molecular complexity index is 244. The van der Waals surface area contributed by atoms with Crippen molar-refractivity contribution >= 4 is 7.85 Å². The van der Waals surface area contributed by atoms with Gasteiger partial charge < -0.3 is 0 Å². The van der Waals surface area contributed by atoms with Gasteiger partial charge in [-0.2, -0.15) is 0 Å². The zero-order valence-corrected chi connectivity index (χ0v) is 11.5. The summed E-state index contributed by atoms with van der Waals surface area (Å²) < 4.78 is 0. The molecule has 1 fully saturated rings. The van der Waals surface area contributed by atoms with Crippen molar-refractivity contribution in [2.45, 2.75) is 60.3 Å². The fourth-order valence-corrected chi connectivity index (χ4v) is 2.94. The van der Waals surface area contributed by atoms with Crippen LogP contribution in [0.25, 0.3) is 0 Å². The molecule has 86 valence electrons. The Morgan fingerprint density at radius 2 is 1.73 bits per heavy atom. The molecule has 15 heavy (non-hydrogen) atoms. The highest BCUT2D eigenvalue weighted by atomic mass is 14.4. The van der Waals surface area contributed by atoms with Gasteiger partial charge in [-0.05, 0) is 49.9 Å². The van der Waals surface area contributed by atoms with E-state index in [9.17, 15) is 0 Å². The van der Waals surface area contributed by atoms with Crippen LogP contribution >= 0.6 is 0 Å². The van der Waals surface area contributed by atoms with Gasteiger partial charge in [0.25, 0.3) is 0 Å². The van der Waals surface area contributed by atoms with Crippen LogP contribution in [-0.4, -0.2) is 7.85 Å². The van der Waals surface area contributed by atoms with Crippen LogP contribution in [0.15, 0.2) is 11.0 Å². The van der Waals surface area contributed by atoms with Crippen molar-refractivity contribution in [3.8, 4) is 0 Å². The highest BCUT2D eigenvalue weighted by Gasteiger charge is 2.40. The zero-order chi connectivity index (χ0) is 11.6. The molecule has 0 bridgehead atoms. The highest BCUT2D eigenvalue weighted by Crippen LogP contribution is 2.51. The normalized spacial score (nSPS) is 27.5. The highest BCUT2D eigenvalue weighted by molar-refractivity contribution is 6.21. The minimum atomic E-state index is 0.508. The van der Waals surface area contributed by atoms with E-state index in [1.54, 1.807) is 5.57 Å². The van der Waals surface area contributed by atoms with Crippen molar-refractivity contribution in [3.05, 3.63) is 11.0 Å². The minimum Gasteiger partial charge on any atom is -0.114 e. The number of rotatable bonds is 5. The van der Waals surface area contributed by atoms with Crippen LogP contribution in [0.1, 0.15) is 60.3 Å². The molecule has 0 amide bonds. The van der Waals surface area contributed by atoms with Gasteiger partial charge in [0, 0.05) is 0 Å². The molecule has 1 heteroatoms. The Morgan fingerprint density at radius 3 is 2.00 bits per heavy atom. The molecular formula is C14H27B. The molecule has 0 N–H and O–H groups in total. The Balaban J connectivity index is 2.82. The molecule has 0 aromatic heterocycles. The number of hydrogen-bond acceptors (Lipinski definition) is 0. The van der Waals surface area contributed by atoms with Gasteiger partial charge in [-0.25, -0.2) is 0 Å². The monoisotopic (exact) mass is 206 g/mol. The lowest BCUT2D eigenvalue weighted by Gasteiger charge is -2.35. The van der Waals surface area contributed by atoms with Crippen LogP contribution < -0.4 is 0 Å². The van der Waals surface area contributed by atoms with E-state index in [2.05, 4.69) is 42.5 Å². The van der Waals surface area contributed by atoms with E-state index < -0.39 is 0 Å². The average molecular weight is 206 g/mol. The van der Waals surface area contributed by atoms with Crippen LogP contribution in [0.2, 0.25) is 0 Å². The van der Waals surface area contributed by atoms with E-state index in [1.165, 1.54) is 31.2 Å². The summed E-state index contributed by atoms with van der Waals surface area (Å²) in [5.41, 5.74) is 3.70. The molecule has 0 aromatic rings. The van der Waals surface area contributed by atoms with Gasteiger partial charge in [0.15, 0.2) is 0 Å². The van der Waals surface area contributed by atoms with E-state index in [0.717, 1.165) is 11.8 Å². The van der Waals surface area contributed by atoms with Crippen molar-refractivity contribution < 1.29 is 0 Å². The first-order valence-electron chi connectivity index (χ1n) is 6.61. The Labute approximate surface area is 96.9 Å². The van der Waals surface area contributed by atoms with Gasteiger partial charge in [-0.15, -0.1) is 5.47 Å². The first kappa shape index (κ1) is 12.9. The molecule has 0 aromatic carbocycles. The predicted octanol–water partition coefficient (Wildman–Crippen LogP) is 3.77. The maximum atomic E-state index is 2.40. The van der Waals surface area contributed by atoms with Crippen LogP contribution in [-0.2, 0) is 0 Å². The summed E-state index contributed by atoms with van der Waals surface area (Å²) in [4.78, 5) is 0. The largest absolute Gasteiger partial charge is 0.133 e. The van der Waals surface area contributed by atoms with E-state index in [1.807, 2.05) is 0 Å². The second kappa shape index (κ2) is 4.76. The topological polar surface area (TPSA) is 0 Å². The summed E-state index contributed by atoms with van der Waals surface area (Å²) in [6.45, 7) is 11.8. The minimum absolute atomic E-state index is 0.508. The van der Waals surface area contributed by atoms with Gasteiger partial charge in [-0.1, -0.05) is 33.3 Å². The second-order valence-electron chi connectivity index (χ2n) is 5.79. The summed E-state index contributed by atoms with van der Waals surface area (Å²) in [5.74, 6) is 2.01. The van der Waals surface area contributed by atoms with Crippen LogP contribution in [0.5, 0.6) is 0 Å². The third kappa shape index (κ3) is 2.68. The lowest BCUT2D eigenvalue weighted by molar-refractivity contribution is 0.277. The fraction of sp³-hybridized carbons (Fsp3) is 0.857. The maximum Gasteiger partial charge on any atom is 0.133 e. The summed E-state index contributed by atoms with van der Waals surface area (Å²) >= 11 is 0. The Hall–Kier alpha value is -0.195. The average Bonchev–Trinajstić information content (AvgIpc) is 2.89. The lowest BCUT2D eigenvalue weighted by atomic mass is 9.68. The molecule has 0 spiro atoms. The number of allylic oxidation sites excluding steroid dienone is 2. The molecule has 1 saturated carbocycles. The van der Waals surface area contributed by atoms with E-state index in [-0.39, 0.29) is 0 Å². The van der Waals surface area contributed by atoms with Crippen molar-refractivity contribution in [1.82, 2.24) is 0 Å². The van der Waals surface area contributed by atoms with Gasteiger partial charge in [0.05, 0.1) is 0 Å². The molecular weight excluding hydrogens is 179 g/mol. The molecule has 2 atom stereocenters. The molecule has 0 saturated heterocycles. The first-order chi connectivity index (χ1) is 6.96. The van der Waals surface area contributed by atoms with Crippen LogP contribution in [0, 0.1) is 17.3 Å². The molecule has 1 aliphatic rings. The summed E-state index contributed by atoms with van der Waals surface area (Å²) in [6, 6.07) is 0. The summed E-state index contributed by atoms with van der Waals surface area (Å²) in [5, 5.41) is 0. The predicted molar refractivity (Wildman–Crippen MR) is 71.8 cm³/mol. The van der Waals surface area contributed by atoms with Gasteiger partial charge in [0.2, 0.25) is 0 Å². The standard InChI is InChI=1S/C14H27B/c1-6-14(7-2,11(4)12(5)15)9-13-8-10(13)3/h10,13H,6-9,15H2,1-5H3/b12-11-. The molecule has 0 nitrogen and oxygen atoms in total. The number of hydrogen-bond donors (Lipinski definition) is 0. The van der Waals surface area contributed by atoms with E-state index in [4.69, 9.17) is 0 Å². The van der Waals surface area contributed by atoms with E-state index >= 15 is 0 Å². The smallest absolute Gasteiger partial charge is 0.114 e. The van der Waals surface area contributed by atoms with Crippen molar-refractivity contribution in [1.29, 1.82) is 0 Å². The summed E-state index contributed by atoms with van der Waals surface area (Å²) in [6.07, 6.45) is 5.52. The van der Waals surface area contributed by atoms with Gasteiger partial charge in [0.1, 0.15) is 7.85 Å². The molecule has 0 radical (unpaired) electrons. The summed E-state index contributed by atoms with van der Waals surface area (Å²) in [7, 11) is 2.27. The Morgan fingerprint density at radius 1 is 1.27 bits per heavy atom. The third-order valence-electron chi connectivity index (χ3n) is 4.83. The third-order valence-corrected chi connectivity index (χ3v) is 4.83. The molecule has 1 aliphatic carbocycles. The van der Waals surface area contributed by atoms with Gasteiger partial charge in [-0.3, -0.25) is 0 Å². The zero-order valence-electron chi connectivity index (χ0n) is 11.5. The SMILES string of the molecule is B/C(C)=C(/C)C(CC)(CC)CC1CC1C. The Kier molecular flexibility index (Phi) is 4.09. The molecule has 2 unspecified atom stereocenters. The van der Waals surface area contributed by atoms with Crippen molar-refractivity contribution in [2.75, 3.05) is 0 Å². The van der Waals surface area contributed by atoms with E-state index in [0.29, 0.717) is 5.41 Å². The second-order valence-corrected chi connectivity index (χ2v) is 5.79. The van der Waals surface area contributed by atoms with Crippen LogP contribution in [0.4, 0.5) is 0 Å². The van der Waals surface area contributed by atoms with Crippen molar-refractivity contribution in [2.24, 2.45) is 17.3 Å². The van der Waals surface area contributed by atoms with Gasteiger partial charge >= 0.3 is 0 Å². The molecule has 0 heterocycles. The first-order valence-corrected chi connectivity index (χ1v) is 6.61. The molecule has 1 rings (SSSR count).